The summed E-state index contributed by atoms with van der Waals surface area (Å²) in [6.07, 6.45) is 7.85. The first-order valence-electron chi connectivity index (χ1n) is 8.97. The second-order valence-electron chi connectivity index (χ2n) is 6.64. The first-order valence-corrected chi connectivity index (χ1v) is 8.97. The summed E-state index contributed by atoms with van der Waals surface area (Å²) in [4.78, 5) is 2.26. The largest absolute Gasteiger partial charge is 0.355 e. The predicted molar refractivity (Wildman–Crippen MR) is 102 cm³/mol. The molecule has 0 amide bonds. The van der Waals surface area contributed by atoms with E-state index in [1.54, 1.807) is 12.3 Å². The Morgan fingerprint density at radius 3 is 2.74 bits per heavy atom. The Morgan fingerprint density at radius 2 is 1.89 bits per heavy atom. The SMILES string of the molecule is N#Cc1cccn1-c1ccc2cnn(-c3cnnc(N4CCCC4)c3)c2c1. The average Bonchev–Trinajstić information content (AvgIpc) is 3.47. The fourth-order valence-corrected chi connectivity index (χ4v) is 3.62. The Labute approximate surface area is 156 Å². The number of rotatable bonds is 3. The van der Waals surface area contributed by atoms with Crippen molar-refractivity contribution in [1.82, 2.24) is 24.5 Å². The molecule has 3 aromatic heterocycles. The molecule has 0 aliphatic carbocycles. The van der Waals surface area contributed by atoms with E-state index in [0.29, 0.717) is 5.69 Å². The van der Waals surface area contributed by atoms with E-state index in [1.807, 2.05) is 52.0 Å². The standard InChI is InChI=1S/C20H17N7/c21-12-17-4-3-9-26(17)16-6-5-15-13-23-27(19(15)10-16)18-11-20(24-22-14-18)25-7-1-2-8-25/h3-6,9-11,13-14H,1-2,7-8H2. The van der Waals surface area contributed by atoms with Crippen molar-refractivity contribution in [1.29, 1.82) is 5.26 Å². The molecular formula is C20H17N7. The minimum atomic E-state index is 0.599. The zero-order chi connectivity index (χ0) is 18.2. The number of aromatic nitrogens is 5. The third-order valence-corrected chi connectivity index (χ3v) is 5.00. The van der Waals surface area contributed by atoms with E-state index < -0.39 is 0 Å². The van der Waals surface area contributed by atoms with Crippen LogP contribution in [0.1, 0.15) is 18.5 Å². The number of nitrogens with zero attached hydrogens (tertiary/aromatic N) is 7. The molecule has 0 saturated carbocycles. The van der Waals surface area contributed by atoms with Gasteiger partial charge in [0.05, 0.1) is 23.6 Å². The minimum Gasteiger partial charge on any atom is -0.355 e. The molecule has 1 aromatic carbocycles. The smallest absolute Gasteiger partial charge is 0.153 e. The van der Waals surface area contributed by atoms with Gasteiger partial charge in [0.1, 0.15) is 11.8 Å². The molecule has 4 heterocycles. The van der Waals surface area contributed by atoms with Gasteiger partial charge in [0, 0.05) is 36.4 Å². The highest BCUT2D eigenvalue weighted by Gasteiger charge is 2.16. The predicted octanol–water partition coefficient (Wildman–Crippen LogP) is 3.08. The van der Waals surface area contributed by atoms with Crippen molar-refractivity contribution >= 4 is 16.7 Å². The van der Waals surface area contributed by atoms with Gasteiger partial charge in [-0.1, -0.05) is 0 Å². The molecule has 132 valence electrons. The third-order valence-electron chi connectivity index (χ3n) is 5.00. The molecule has 1 aliphatic rings. The fourth-order valence-electron chi connectivity index (χ4n) is 3.62. The number of fused-ring (bicyclic) bond motifs is 1. The molecule has 1 fully saturated rings. The lowest BCUT2D eigenvalue weighted by molar-refractivity contribution is 0.854. The molecule has 1 saturated heterocycles. The zero-order valence-corrected chi connectivity index (χ0v) is 14.7. The maximum absolute atomic E-state index is 9.30. The Balaban J connectivity index is 1.61. The van der Waals surface area contributed by atoms with E-state index in [9.17, 15) is 5.26 Å². The molecule has 5 rings (SSSR count). The topological polar surface area (TPSA) is 75.6 Å². The van der Waals surface area contributed by atoms with Crippen LogP contribution in [0.3, 0.4) is 0 Å². The van der Waals surface area contributed by atoms with Crippen LogP contribution in [0, 0.1) is 11.3 Å². The highest BCUT2D eigenvalue weighted by Crippen LogP contribution is 2.24. The van der Waals surface area contributed by atoms with E-state index in [1.165, 1.54) is 12.8 Å². The van der Waals surface area contributed by atoms with Gasteiger partial charge >= 0.3 is 0 Å². The Morgan fingerprint density at radius 1 is 1.00 bits per heavy atom. The van der Waals surface area contributed by atoms with Crippen molar-refractivity contribution in [3.8, 4) is 17.4 Å². The first kappa shape index (κ1) is 15.6. The fraction of sp³-hybridized carbons (Fsp3) is 0.200. The minimum absolute atomic E-state index is 0.599. The second-order valence-corrected chi connectivity index (χ2v) is 6.64. The van der Waals surface area contributed by atoms with E-state index >= 15 is 0 Å². The van der Waals surface area contributed by atoms with Crippen LogP contribution in [0.2, 0.25) is 0 Å². The highest BCUT2D eigenvalue weighted by molar-refractivity contribution is 5.82. The molecule has 0 spiro atoms. The van der Waals surface area contributed by atoms with E-state index in [0.717, 1.165) is 41.2 Å². The van der Waals surface area contributed by atoms with Gasteiger partial charge in [0.25, 0.3) is 0 Å². The Hall–Kier alpha value is -3.66. The lowest BCUT2D eigenvalue weighted by Crippen LogP contribution is -2.19. The molecular weight excluding hydrogens is 338 g/mol. The lowest BCUT2D eigenvalue weighted by atomic mass is 10.2. The summed E-state index contributed by atoms with van der Waals surface area (Å²) >= 11 is 0. The van der Waals surface area contributed by atoms with Gasteiger partial charge in [0.15, 0.2) is 5.82 Å². The second kappa shape index (κ2) is 6.25. The summed E-state index contributed by atoms with van der Waals surface area (Å²) < 4.78 is 3.75. The summed E-state index contributed by atoms with van der Waals surface area (Å²) in [7, 11) is 0. The normalized spacial score (nSPS) is 14.0. The third kappa shape index (κ3) is 2.62. The number of benzene rings is 1. The Bertz CT molecular complexity index is 1160. The van der Waals surface area contributed by atoms with Crippen molar-refractivity contribution in [3.63, 3.8) is 0 Å². The number of anilines is 1. The van der Waals surface area contributed by atoms with E-state index in [4.69, 9.17) is 0 Å². The van der Waals surface area contributed by atoms with Crippen LogP contribution in [0.5, 0.6) is 0 Å². The van der Waals surface area contributed by atoms with Crippen LogP contribution in [0.4, 0.5) is 5.82 Å². The van der Waals surface area contributed by atoms with E-state index in [2.05, 4.69) is 26.3 Å². The summed E-state index contributed by atoms with van der Waals surface area (Å²) in [5.41, 5.74) is 3.37. The van der Waals surface area contributed by atoms with Crippen molar-refractivity contribution < 1.29 is 0 Å². The molecule has 27 heavy (non-hydrogen) atoms. The summed E-state index contributed by atoms with van der Waals surface area (Å²) in [5.74, 6) is 0.891. The van der Waals surface area contributed by atoms with Gasteiger partial charge in [-0.15, -0.1) is 5.10 Å². The van der Waals surface area contributed by atoms with Crippen molar-refractivity contribution in [2.24, 2.45) is 0 Å². The maximum atomic E-state index is 9.30. The molecule has 0 unspecified atom stereocenters. The quantitative estimate of drug-likeness (QED) is 0.564. The van der Waals surface area contributed by atoms with Gasteiger partial charge in [0.2, 0.25) is 0 Å². The molecule has 0 N–H and O–H groups in total. The van der Waals surface area contributed by atoms with E-state index in [-0.39, 0.29) is 0 Å². The lowest BCUT2D eigenvalue weighted by Gasteiger charge is -2.16. The number of nitriles is 1. The van der Waals surface area contributed by atoms with Crippen LogP contribution < -0.4 is 4.90 Å². The monoisotopic (exact) mass is 355 g/mol. The number of hydrogen-bond donors (Lipinski definition) is 0. The summed E-state index contributed by atoms with van der Waals surface area (Å²) in [6.45, 7) is 2.04. The summed E-state index contributed by atoms with van der Waals surface area (Å²) in [5, 5.41) is 23.4. The maximum Gasteiger partial charge on any atom is 0.153 e. The Kier molecular flexibility index (Phi) is 3.61. The van der Waals surface area contributed by atoms with Crippen LogP contribution >= 0.6 is 0 Å². The van der Waals surface area contributed by atoms with Crippen LogP contribution in [0.15, 0.2) is 55.0 Å². The molecule has 0 radical (unpaired) electrons. The van der Waals surface area contributed by atoms with Crippen molar-refractivity contribution in [3.05, 3.63) is 60.7 Å². The molecule has 7 nitrogen and oxygen atoms in total. The van der Waals surface area contributed by atoms with Gasteiger partial charge in [-0.05, 0) is 43.2 Å². The van der Waals surface area contributed by atoms with Crippen LogP contribution in [-0.2, 0) is 0 Å². The van der Waals surface area contributed by atoms with Gasteiger partial charge in [-0.3, -0.25) is 0 Å². The molecule has 4 aromatic rings. The molecule has 0 bridgehead atoms. The molecule has 7 heteroatoms. The average molecular weight is 355 g/mol. The molecule has 0 atom stereocenters. The van der Waals surface area contributed by atoms with Crippen molar-refractivity contribution in [2.45, 2.75) is 12.8 Å². The summed E-state index contributed by atoms with van der Waals surface area (Å²) in [6, 6.07) is 14.0. The first-order chi connectivity index (χ1) is 13.3. The van der Waals surface area contributed by atoms with Crippen LogP contribution in [-0.4, -0.2) is 37.6 Å². The van der Waals surface area contributed by atoms with Crippen LogP contribution in [0.25, 0.3) is 22.3 Å². The van der Waals surface area contributed by atoms with Gasteiger partial charge < -0.3 is 9.47 Å². The zero-order valence-electron chi connectivity index (χ0n) is 14.7. The van der Waals surface area contributed by atoms with Crippen molar-refractivity contribution in [2.75, 3.05) is 18.0 Å². The number of hydrogen-bond acceptors (Lipinski definition) is 5. The van der Waals surface area contributed by atoms with Gasteiger partial charge in [-0.2, -0.15) is 15.5 Å². The molecule has 1 aliphatic heterocycles. The van der Waals surface area contributed by atoms with Gasteiger partial charge in [-0.25, -0.2) is 4.68 Å². The highest BCUT2D eigenvalue weighted by atomic mass is 15.3.